The van der Waals surface area contributed by atoms with Crippen molar-refractivity contribution in [1.82, 2.24) is 4.90 Å². The van der Waals surface area contributed by atoms with Crippen LogP contribution in [0.5, 0.6) is 0 Å². The summed E-state index contributed by atoms with van der Waals surface area (Å²) in [6.07, 6.45) is 5.52. The maximum Gasteiger partial charge on any atom is 0.235 e. The molecule has 0 unspecified atom stereocenters. The van der Waals surface area contributed by atoms with Gasteiger partial charge in [0.05, 0.1) is 30.5 Å². The molecular weight excluding hydrogens is 440 g/mol. The van der Waals surface area contributed by atoms with Crippen molar-refractivity contribution in [3.63, 3.8) is 0 Å². The van der Waals surface area contributed by atoms with Gasteiger partial charge in [-0.05, 0) is 36.6 Å². The van der Waals surface area contributed by atoms with Crippen molar-refractivity contribution in [1.29, 1.82) is 0 Å². The summed E-state index contributed by atoms with van der Waals surface area (Å²) in [6, 6.07) is 13.4. The summed E-state index contributed by atoms with van der Waals surface area (Å²) in [5.41, 5.74) is 2.23. The minimum Gasteiger partial charge on any atom is -0.376 e. The van der Waals surface area contributed by atoms with Gasteiger partial charge in [0.25, 0.3) is 0 Å². The van der Waals surface area contributed by atoms with Gasteiger partial charge in [-0.2, -0.15) is 0 Å². The van der Waals surface area contributed by atoms with E-state index in [9.17, 15) is 14.4 Å². The smallest absolute Gasteiger partial charge is 0.235 e. The number of rotatable bonds is 4. The van der Waals surface area contributed by atoms with Crippen LogP contribution in [0.2, 0.25) is 5.02 Å². The predicted molar refractivity (Wildman–Crippen MR) is 124 cm³/mol. The lowest BCUT2D eigenvalue weighted by molar-refractivity contribution is -0.142. The van der Waals surface area contributed by atoms with Crippen LogP contribution in [0.15, 0.2) is 54.6 Å². The Kier molecular flexibility index (Phi) is 4.89. The molecule has 0 spiro atoms. The van der Waals surface area contributed by atoms with Crippen molar-refractivity contribution < 1.29 is 19.1 Å². The lowest BCUT2D eigenvalue weighted by Gasteiger charge is -2.36. The fourth-order valence-electron chi connectivity index (χ4n) is 5.85. The number of halogens is 1. The van der Waals surface area contributed by atoms with Crippen molar-refractivity contribution >= 4 is 41.0 Å². The molecule has 2 amide bonds. The van der Waals surface area contributed by atoms with Gasteiger partial charge in [0, 0.05) is 22.9 Å². The molecule has 168 valence electrons. The highest BCUT2D eigenvalue weighted by atomic mass is 35.5. The number of Topliss-reactive ketones (excluding diaryl/α,β-unsaturated/α-hetero) is 1. The number of anilines is 1. The van der Waals surface area contributed by atoms with Gasteiger partial charge >= 0.3 is 0 Å². The molecule has 7 heteroatoms. The molecule has 6 rings (SSSR count). The van der Waals surface area contributed by atoms with Gasteiger partial charge in [-0.15, -0.1) is 0 Å². The Labute approximate surface area is 196 Å². The first-order valence-corrected chi connectivity index (χ1v) is 11.7. The maximum absolute atomic E-state index is 13.8. The van der Waals surface area contributed by atoms with Crippen LogP contribution in [-0.2, 0) is 14.3 Å². The number of ketones is 1. The summed E-state index contributed by atoms with van der Waals surface area (Å²) in [4.78, 5) is 44.4. The van der Waals surface area contributed by atoms with E-state index in [0.717, 1.165) is 24.1 Å². The molecule has 2 aromatic carbocycles. The first-order chi connectivity index (χ1) is 16.0. The van der Waals surface area contributed by atoms with Gasteiger partial charge in [-0.1, -0.05) is 54.1 Å². The van der Waals surface area contributed by atoms with E-state index in [0.29, 0.717) is 17.2 Å². The molecule has 33 heavy (non-hydrogen) atoms. The maximum atomic E-state index is 13.8. The molecule has 3 saturated heterocycles. The zero-order valence-corrected chi connectivity index (χ0v) is 18.6. The average molecular weight is 463 g/mol. The third kappa shape index (κ3) is 3.15. The molecule has 0 saturated carbocycles. The molecular formula is C26H23ClN2O4. The van der Waals surface area contributed by atoms with Crippen molar-refractivity contribution in [3.8, 4) is 0 Å². The number of fused-ring (bicyclic) bond motifs is 5. The number of imide groups is 1. The Morgan fingerprint density at radius 2 is 1.85 bits per heavy atom. The summed E-state index contributed by atoms with van der Waals surface area (Å²) < 4.78 is 5.69. The third-order valence-electron chi connectivity index (χ3n) is 7.30. The topological polar surface area (TPSA) is 66.9 Å². The van der Waals surface area contributed by atoms with Crippen molar-refractivity contribution in [2.45, 2.75) is 31.0 Å². The van der Waals surface area contributed by atoms with Crippen LogP contribution in [0.25, 0.3) is 6.08 Å². The quantitative estimate of drug-likeness (QED) is 0.513. The molecule has 6 nitrogen and oxygen atoms in total. The number of carbonyl (C=O) groups excluding carboxylic acids is 3. The Morgan fingerprint density at radius 3 is 2.61 bits per heavy atom. The fraction of sp³-hybridized carbons (Fsp3) is 0.346. The van der Waals surface area contributed by atoms with Gasteiger partial charge in [0.15, 0.2) is 5.78 Å². The molecule has 4 aliphatic rings. The van der Waals surface area contributed by atoms with E-state index in [1.165, 1.54) is 4.90 Å². The van der Waals surface area contributed by atoms with Crippen LogP contribution in [0.4, 0.5) is 5.69 Å². The number of amides is 2. The van der Waals surface area contributed by atoms with E-state index in [1.54, 1.807) is 18.2 Å². The van der Waals surface area contributed by atoms with Gasteiger partial charge < -0.3 is 9.64 Å². The Morgan fingerprint density at radius 1 is 1.06 bits per heavy atom. The predicted octanol–water partition coefficient (Wildman–Crippen LogP) is 3.59. The lowest BCUT2D eigenvalue weighted by atomic mass is 9.86. The molecule has 0 aromatic heterocycles. The molecule has 2 aromatic rings. The molecule has 0 aliphatic carbocycles. The van der Waals surface area contributed by atoms with E-state index in [1.807, 2.05) is 47.4 Å². The summed E-state index contributed by atoms with van der Waals surface area (Å²) in [5.74, 6) is -1.96. The highest BCUT2D eigenvalue weighted by Crippen LogP contribution is 2.49. The lowest BCUT2D eigenvalue weighted by Crippen LogP contribution is -2.49. The summed E-state index contributed by atoms with van der Waals surface area (Å²) in [7, 11) is 0. The second-order valence-corrected chi connectivity index (χ2v) is 9.55. The van der Waals surface area contributed by atoms with Gasteiger partial charge in [-0.25, -0.2) is 0 Å². The number of carbonyl (C=O) groups is 3. The van der Waals surface area contributed by atoms with E-state index in [4.69, 9.17) is 16.3 Å². The van der Waals surface area contributed by atoms with Crippen molar-refractivity contribution in [2.75, 3.05) is 18.1 Å². The van der Waals surface area contributed by atoms with Crippen LogP contribution in [0.3, 0.4) is 0 Å². The summed E-state index contributed by atoms with van der Waals surface area (Å²) in [5, 5.41) is 0.595. The molecule has 0 bridgehead atoms. The number of ether oxygens (including phenoxy) is 1. The second kappa shape index (κ2) is 7.82. The average Bonchev–Trinajstić information content (AvgIpc) is 3.52. The van der Waals surface area contributed by atoms with E-state index >= 15 is 0 Å². The highest BCUT2D eigenvalue weighted by molar-refractivity contribution is 6.30. The zero-order valence-electron chi connectivity index (χ0n) is 17.9. The summed E-state index contributed by atoms with van der Waals surface area (Å²) in [6.45, 7) is 0.918. The van der Waals surface area contributed by atoms with Crippen LogP contribution < -0.4 is 4.90 Å². The molecule has 3 fully saturated rings. The minimum atomic E-state index is -0.766. The second-order valence-electron chi connectivity index (χ2n) is 9.11. The number of hydrogen-bond acceptors (Lipinski definition) is 5. The number of nitrogens with zero attached hydrogens (tertiary/aromatic N) is 2. The largest absolute Gasteiger partial charge is 0.376 e. The third-order valence-corrected chi connectivity index (χ3v) is 7.53. The molecule has 4 aliphatic heterocycles. The first-order valence-electron chi connectivity index (χ1n) is 11.4. The molecule has 0 N–H and O–H groups in total. The number of benzene rings is 2. The van der Waals surface area contributed by atoms with E-state index in [2.05, 4.69) is 0 Å². The van der Waals surface area contributed by atoms with Crippen LogP contribution in [-0.4, -0.2) is 53.8 Å². The fourth-order valence-corrected chi connectivity index (χ4v) is 6.03. The van der Waals surface area contributed by atoms with E-state index < -0.39 is 17.9 Å². The molecule has 0 radical (unpaired) electrons. The molecule has 5 atom stereocenters. The van der Waals surface area contributed by atoms with Gasteiger partial charge in [-0.3, -0.25) is 19.3 Å². The Bertz CT molecular complexity index is 1170. The zero-order chi connectivity index (χ0) is 22.7. The van der Waals surface area contributed by atoms with Crippen molar-refractivity contribution in [2.24, 2.45) is 11.8 Å². The Balaban J connectivity index is 1.44. The van der Waals surface area contributed by atoms with Crippen LogP contribution >= 0.6 is 11.6 Å². The monoisotopic (exact) mass is 462 g/mol. The minimum absolute atomic E-state index is 0.124. The Hall–Kier alpha value is -2.96. The highest BCUT2D eigenvalue weighted by Gasteiger charge is 2.64. The standard InChI is InChI=1S/C26H23ClN2O4/c27-17-9-11-19-16(13-17)8-10-20-21-22(23(29(19)20)24(30)15-5-2-1-3-6-15)26(32)28(25(21)31)14-18-7-4-12-33-18/h1-3,5-6,8-11,13,18,20-23H,4,7,12,14H2/t18-,20+,21+,22+,23-/m0/s1. The van der Waals surface area contributed by atoms with Gasteiger partial charge in [0.2, 0.25) is 11.8 Å². The van der Waals surface area contributed by atoms with Crippen LogP contribution in [0, 0.1) is 11.8 Å². The first kappa shape index (κ1) is 20.6. The summed E-state index contributed by atoms with van der Waals surface area (Å²) >= 11 is 6.21. The van der Waals surface area contributed by atoms with Gasteiger partial charge in [0.1, 0.15) is 6.04 Å². The van der Waals surface area contributed by atoms with Crippen LogP contribution in [0.1, 0.15) is 28.8 Å². The SMILES string of the molecule is O=C(c1ccccc1)[C@@H]1[C@@H]2C(=O)N(C[C@@H]3CCCO3)C(=O)[C@@H]2[C@H]2C=Cc3cc(Cl)ccc3N21. The molecule has 4 heterocycles. The number of likely N-dealkylation sites (tertiary alicyclic amines) is 1. The van der Waals surface area contributed by atoms with E-state index in [-0.39, 0.29) is 36.3 Å². The van der Waals surface area contributed by atoms with Crippen molar-refractivity contribution in [3.05, 3.63) is 70.8 Å². The number of hydrogen-bond donors (Lipinski definition) is 0. The normalized spacial score (nSPS) is 29.9.